The van der Waals surface area contributed by atoms with Crippen molar-refractivity contribution in [2.24, 2.45) is 5.92 Å². The number of carbonyl (C=O) groups excluding carboxylic acids is 2. The van der Waals surface area contributed by atoms with Gasteiger partial charge in [0, 0.05) is 0 Å². The summed E-state index contributed by atoms with van der Waals surface area (Å²) in [6, 6.07) is 8.98. The molecule has 134 valence electrons. The van der Waals surface area contributed by atoms with Gasteiger partial charge in [-0.3, -0.25) is 14.9 Å². The topological polar surface area (TPSA) is 64.6 Å². The zero-order chi connectivity index (χ0) is 18.2. The fraction of sp³-hybridized carbons (Fsp3) is 0.579. The summed E-state index contributed by atoms with van der Waals surface area (Å²) in [6.45, 7) is 9.59. The molecule has 0 unspecified atom stereocenters. The first kappa shape index (κ1) is 20.2. The molecule has 1 aromatic rings. The molecule has 5 heteroatoms. The molecule has 0 radical (unpaired) electrons. The van der Waals surface area contributed by atoms with Gasteiger partial charge in [-0.2, -0.15) is 0 Å². The molecule has 0 aliphatic carbocycles. The second kappa shape index (κ2) is 9.42. The van der Waals surface area contributed by atoms with Gasteiger partial charge in [-0.1, -0.05) is 50.6 Å². The number of nitrogens with one attached hydrogen (secondary N) is 1. The number of ether oxygens (including phenoxy) is 2. The molecule has 0 aromatic heterocycles. The lowest BCUT2D eigenvalue weighted by Gasteiger charge is -2.24. The molecule has 24 heavy (non-hydrogen) atoms. The predicted octanol–water partition coefficient (Wildman–Crippen LogP) is 3.08. The third kappa shape index (κ3) is 7.59. The van der Waals surface area contributed by atoms with Crippen molar-refractivity contribution in [3.05, 3.63) is 35.9 Å². The summed E-state index contributed by atoms with van der Waals surface area (Å²) in [7, 11) is 0. The summed E-state index contributed by atoms with van der Waals surface area (Å²) >= 11 is 0. The second-order valence-electron chi connectivity index (χ2n) is 6.92. The summed E-state index contributed by atoms with van der Waals surface area (Å²) in [4.78, 5) is 24.2. The standard InChI is InChI=1S/C19H29NO4/c1-6-14(2)17(20-12-16(21)24-19(3,4)5)18(22)23-13-15-10-8-7-9-11-15/h7-11,14,17,20H,6,12-13H2,1-5H3/t14-,17-/m0/s1. The highest BCUT2D eigenvalue weighted by Crippen LogP contribution is 2.12. The molecule has 1 N–H and O–H groups in total. The van der Waals surface area contributed by atoms with Gasteiger partial charge >= 0.3 is 11.9 Å². The number of hydrogen-bond acceptors (Lipinski definition) is 5. The minimum atomic E-state index is -0.543. The van der Waals surface area contributed by atoms with Crippen LogP contribution in [0.4, 0.5) is 0 Å². The second-order valence-corrected chi connectivity index (χ2v) is 6.92. The summed E-state index contributed by atoms with van der Waals surface area (Å²) in [5, 5.41) is 2.98. The van der Waals surface area contributed by atoms with E-state index in [4.69, 9.17) is 9.47 Å². The molecule has 0 bridgehead atoms. The highest BCUT2D eigenvalue weighted by molar-refractivity contribution is 5.78. The van der Waals surface area contributed by atoms with E-state index in [9.17, 15) is 9.59 Å². The van der Waals surface area contributed by atoms with Crippen LogP contribution in [0.2, 0.25) is 0 Å². The van der Waals surface area contributed by atoms with Crippen molar-refractivity contribution in [2.45, 2.75) is 59.3 Å². The lowest BCUT2D eigenvalue weighted by atomic mass is 9.99. The number of rotatable bonds is 8. The van der Waals surface area contributed by atoms with Gasteiger partial charge in [-0.15, -0.1) is 0 Å². The number of esters is 2. The molecule has 1 rings (SSSR count). The van der Waals surface area contributed by atoms with Gasteiger partial charge in [0.15, 0.2) is 0 Å². The average Bonchev–Trinajstić information content (AvgIpc) is 2.52. The molecule has 0 fully saturated rings. The summed E-state index contributed by atoms with van der Waals surface area (Å²) in [5.74, 6) is -0.681. The summed E-state index contributed by atoms with van der Waals surface area (Å²) < 4.78 is 10.6. The zero-order valence-electron chi connectivity index (χ0n) is 15.3. The Labute approximate surface area is 144 Å². The van der Waals surface area contributed by atoms with Crippen molar-refractivity contribution >= 4 is 11.9 Å². The first-order chi connectivity index (χ1) is 11.2. The third-order valence-electron chi connectivity index (χ3n) is 3.58. The Morgan fingerprint density at radius 2 is 1.79 bits per heavy atom. The van der Waals surface area contributed by atoms with Crippen LogP contribution in [0.25, 0.3) is 0 Å². The predicted molar refractivity (Wildman–Crippen MR) is 93.3 cm³/mol. The Morgan fingerprint density at radius 1 is 1.17 bits per heavy atom. The largest absolute Gasteiger partial charge is 0.460 e. The van der Waals surface area contributed by atoms with Crippen molar-refractivity contribution in [1.29, 1.82) is 0 Å². The van der Waals surface area contributed by atoms with E-state index in [1.165, 1.54) is 0 Å². The van der Waals surface area contributed by atoms with Gasteiger partial charge in [0.25, 0.3) is 0 Å². The van der Waals surface area contributed by atoms with Crippen LogP contribution in [0.3, 0.4) is 0 Å². The van der Waals surface area contributed by atoms with Gasteiger partial charge in [0.05, 0.1) is 6.54 Å². The maximum atomic E-state index is 12.4. The zero-order valence-corrected chi connectivity index (χ0v) is 15.3. The lowest BCUT2D eigenvalue weighted by Crippen LogP contribution is -2.46. The maximum absolute atomic E-state index is 12.4. The monoisotopic (exact) mass is 335 g/mol. The fourth-order valence-electron chi connectivity index (χ4n) is 2.14. The summed E-state index contributed by atoms with van der Waals surface area (Å²) in [6.07, 6.45) is 0.798. The van der Waals surface area contributed by atoms with Crippen LogP contribution in [0.1, 0.15) is 46.6 Å². The molecule has 5 nitrogen and oxygen atoms in total. The van der Waals surface area contributed by atoms with Crippen LogP contribution >= 0.6 is 0 Å². The van der Waals surface area contributed by atoms with Crippen LogP contribution < -0.4 is 5.32 Å². The number of carbonyl (C=O) groups is 2. The molecule has 0 saturated heterocycles. The molecular formula is C19H29NO4. The van der Waals surface area contributed by atoms with E-state index < -0.39 is 11.6 Å². The Hall–Kier alpha value is -1.88. The number of hydrogen-bond donors (Lipinski definition) is 1. The minimum absolute atomic E-state index is 0.0211. The van der Waals surface area contributed by atoms with E-state index in [1.54, 1.807) is 0 Å². The van der Waals surface area contributed by atoms with Crippen LogP contribution in [0.15, 0.2) is 30.3 Å². The Kier molecular flexibility index (Phi) is 7.92. The van der Waals surface area contributed by atoms with Crippen LogP contribution in [-0.2, 0) is 25.7 Å². The van der Waals surface area contributed by atoms with E-state index in [2.05, 4.69) is 5.32 Å². The molecule has 0 heterocycles. The van der Waals surface area contributed by atoms with E-state index in [1.807, 2.05) is 65.0 Å². The van der Waals surface area contributed by atoms with Crippen LogP contribution in [0.5, 0.6) is 0 Å². The van der Waals surface area contributed by atoms with Crippen molar-refractivity contribution in [1.82, 2.24) is 5.32 Å². The van der Waals surface area contributed by atoms with E-state index in [0.717, 1.165) is 12.0 Å². The van der Waals surface area contributed by atoms with Crippen molar-refractivity contribution < 1.29 is 19.1 Å². The highest BCUT2D eigenvalue weighted by Gasteiger charge is 2.27. The van der Waals surface area contributed by atoms with Crippen LogP contribution in [0, 0.1) is 5.92 Å². The lowest BCUT2D eigenvalue weighted by molar-refractivity contribution is -0.154. The molecule has 1 aromatic carbocycles. The summed E-state index contributed by atoms with van der Waals surface area (Å²) in [5.41, 5.74) is 0.388. The molecule has 0 saturated carbocycles. The molecular weight excluding hydrogens is 306 g/mol. The van der Waals surface area contributed by atoms with Crippen molar-refractivity contribution in [3.8, 4) is 0 Å². The van der Waals surface area contributed by atoms with Crippen molar-refractivity contribution in [3.63, 3.8) is 0 Å². The number of benzene rings is 1. The third-order valence-corrected chi connectivity index (χ3v) is 3.58. The van der Waals surface area contributed by atoms with E-state index >= 15 is 0 Å². The Balaban J connectivity index is 2.57. The fourth-order valence-corrected chi connectivity index (χ4v) is 2.14. The highest BCUT2D eigenvalue weighted by atomic mass is 16.6. The molecule has 0 amide bonds. The average molecular weight is 335 g/mol. The van der Waals surface area contributed by atoms with Gasteiger partial charge in [-0.25, -0.2) is 0 Å². The van der Waals surface area contributed by atoms with E-state index in [-0.39, 0.29) is 31.0 Å². The quantitative estimate of drug-likeness (QED) is 0.740. The maximum Gasteiger partial charge on any atom is 0.323 e. The van der Waals surface area contributed by atoms with Crippen molar-refractivity contribution in [2.75, 3.05) is 6.54 Å². The van der Waals surface area contributed by atoms with Crippen LogP contribution in [-0.4, -0.2) is 30.1 Å². The molecule has 0 spiro atoms. The Morgan fingerprint density at radius 3 is 2.33 bits per heavy atom. The van der Waals surface area contributed by atoms with Gasteiger partial charge in [0.2, 0.25) is 0 Å². The SMILES string of the molecule is CC[C@H](C)[C@H](NCC(=O)OC(C)(C)C)C(=O)OCc1ccccc1. The van der Waals surface area contributed by atoms with E-state index in [0.29, 0.717) is 0 Å². The smallest absolute Gasteiger partial charge is 0.323 e. The Bertz CT molecular complexity index is 522. The normalized spacial score (nSPS) is 13.9. The molecule has 0 aliphatic heterocycles. The molecule has 0 aliphatic rings. The minimum Gasteiger partial charge on any atom is -0.460 e. The van der Waals surface area contributed by atoms with Gasteiger partial charge in [-0.05, 0) is 32.3 Å². The first-order valence-corrected chi connectivity index (χ1v) is 8.38. The first-order valence-electron chi connectivity index (χ1n) is 8.38. The molecule has 2 atom stereocenters. The van der Waals surface area contributed by atoms with Gasteiger partial charge in [0.1, 0.15) is 18.2 Å². The van der Waals surface area contributed by atoms with Gasteiger partial charge < -0.3 is 9.47 Å².